The molecule has 2 unspecified atom stereocenters. The third kappa shape index (κ3) is 6.95. The summed E-state index contributed by atoms with van der Waals surface area (Å²) in [6.45, 7) is 8.46. The number of carbonyl (C=O) groups is 2. The predicted octanol–water partition coefficient (Wildman–Crippen LogP) is 7.40. The number of amides is 2. The SMILES string of the molecule is COc1ccc(-c2c(C3CCCCC3)c3ccc(C(=O)NS(=O)(=O)C4CCCCC4)cc3n2CC(C)(C)C(=O)N2C3CCC2CN(C)C3)c(C)c1. The lowest BCUT2D eigenvalue weighted by molar-refractivity contribution is -0.146. The summed E-state index contributed by atoms with van der Waals surface area (Å²) in [5.74, 6) is 0.699. The normalized spacial score (nSPS) is 22.4. The van der Waals surface area contributed by atoms with Gasteiger partial charge in [0.25, 0.3) is 5.91 Å². The highest BCUT2D eigenvalue weighted by atomic mass is 32.2. The topological polar surface area (TPSA) is 101 Å². The fourth-order valence-electron chi connectivity index (χ4n) is 9.71. The Morgan fingerprint density at radius 3 is 2.16 bits per heavy atom. The number of hydrogen-bond acceptors (Lipinski definition) is 6. The monoisotopic (exact) mass is 716 g/mol. The van der Waals surface area contributed by atoms with Gasteiger partial charge in [0.15, 0.2) is 0 Å². The summed E-state index contributed by atoms with van der Waals surface area (Å²) in [4.78, 5) is 33.0. The summed E-state index contributed by atoms with van der Waals surface area (Å²) in [7, 11) is 0.0253. The number of piperazine rings is 1. The highest BCUT2D eigenvalue weighted by Gasteiger charge is 2.46. The van der Waals surface area contributed by atoms with E-state index in [1.165, 1.54) is 12.0 Å². The molecule has 2 atom stereocenters. The summed E-state index contributed by atoms with van der Waals surface area (Å²) >= 11 is 0. The van der Waals surface area contributed by atoms with Crippen molar-refractivity contribution in [2.45, 2.75) is 128 Å². The number of carbonyl (C=O) groups excluding carboxylic acids is 2. The molecule has 2 saturated carbocycles. The molecule has 51 heavy (non-hydrogen) atoms. The van der Waals surface area contributed by atoms with Gasteiger partial charge in [-0.15, -0.1) is 0 Å². The molecular weight excluding hydrogens is 661 g/mol. The second kappa shape index (κ2) is 14.2. The number of benzene rings is 2. The zero-order valence-corrected chi connectivity index (χ0v) is 32.0. The number of rotatable bonds is 9. The average molecular weight is 717 g/mol. The maximum atomic E-state index is 14.7. The first-order valence-corrected chi connectivity index (χ1v) is 20.8. The molecule has 4 fully saturated rings. The van der Waals surface area contributed by atoms with Gasteiger partial charge in [-0.2, -0.15) is 0 Å². The number of nitrogens with one attached hydrogen (secondary N) is 1. The molecule has 276 valence electrons. The molecule has 2 bridgehead atoms. The molecule has 2 aliphatic carbocycles. The van der Waals surface area contributed by atoms with Gasteiger partial charge in [-0.3, -0.25) is 9.59 Å². The van der Waals surface area contributed by atoms with Crippen molar-refractivity contribution in [1.29, 1.82) is 0 Å². The summed E-state index contributed by atoms with van der Waals surface area (Å²) in [6.07, 6.45) is 11.7. The van der Waals surface area contributed by atoms with Crippen LogP contribution in [0.25, 0.3) is 22.2 Å². The number of sulfonamides is 1. The van der Waals surface area contributed by atoms with Crippen molar-refractivity contribution in [1.82, 2.24) is 19.1 Å². The highest BCUT2D eigenvalue weighted by Crippen LogP contribution is 2.47. The molecule has 0 spiro atoms. The van der Waals surface area contributed by atoms with Crippen molar-refractivity contribution in [2.75, 3.05) is 27.2 Å². The molecule has 2 amide bonds. The van der Waals surface area contributed by atoms with Gasteiger partial charge in [0, 0.05) is 53.7 Å². The van der Waals surface area contributed by atoms with Crippen molar-refractivity contribution in [2.24, 2.45) is 5.41 Å². The first kappa shape index (κ1) is 36.0. The van der Waals surface area contributed by atoms with Crippen LogP contribution in [0.3, 0.4) is 0 Å². The number of hydrogen-bond donors (Lipinski definition) is 1. The Hall–Kier alpha value is -3.37. The third-order valence-corrected chi connectivity index (χ3v) is 14.1. The van der Waals surface area contributed by atoms with Crippen molar-refractivity contribution in [3.05, 3.63) is 53.1 Å². The minimum absolute atomic E-state index is 0.175. The Balaban J connectivity index is 1.36. The predicted molar refractivity (Wildman–Crippen MR) is 203 cm³/mol. The van der Waals surface area contributed by atoms with Crippen molar-refractivity contribution >= 4 is 32.7 Å². The van der Waals surface area contributed by atoms with Crippen LogP contribution in [0, 0.1) is 12.3 Å². The molecule has 7 rings (SSSR count). The smallest absolute Gasteiger partial charge is 0.264 e. The first-order chi connectivity index (χ1) is 24.4. The molecule has 2 saturated heterocycles. The number of likely N-dealkylation sites (tertiary alicyclic amines) is 1. The molecule has 4 aliphatic rings. The maximum absolute atomic E-state index is 14.7. The van der Waals surface area contributed by atoms with Crippen LogP contribution >= 0.6 is 0 Å². The van der Waals surface area contributed by atoms with Crippen LogP contribution < -0.4 is 9.46 Å². The zero-order chi connectivity index (χ0) is 36.1. The highest BCUT2D eigenvalue weighted by molar-refractivity contribution is 7.90. The van der Waals surface area contributed by atoms with Crippen LogP contribution in [-0.2, 0) is 21.4 Å². The third-order valence-electron chi connectivity index (χ3n) is 12.3. The molecular formula is C41H56N4O5S. The molecule has 1 aromatic heterocycles. The van der Waals surface area contributed by atoms with Crippen LogP contribution in [0.4, 0.5) is 0 Å². The lowest BCUT2D eigenvalue weighted by atomic mass is 9.81. The van der Waals surface area contributed by atoms with Gasteiger partial charge in [0.2, 0.25) is 15.9 Å². The minimum Gasteiger partial charge on any atom is -0.497 e. The van der Waals surface area contributed by atoms with E-state index in [1.807, 2.05) is 18.2 Å². The Kier molecular flexibility index (Phi) is 10.0. The van der Waals surface area contributed by atoms with Crippen molar-refractivity contribution in [3.63, 3.8) is 0 Å². The summed E-state index contributed by atoms with van der Waals surface area (Å²) in [5, 5.41) is 0.531. The number of aromatic nitrogens is 1. The number of fused-ring (bicyclic) bond motifs is 3. The van der Waals surface area contributed by atoms with E-state index in [0.29, 0.717) is 30.9 Å². The zero-order valence-electron chi connectivity index (χ0n) is 31.2. The van der Waals surface area contributed by atoms with Gasteiger partial charge in [-0.25, -0.2) is 13.1 Å². The molecule has 10 heteroatoms. The van der Waals surface area contributed by atoms with Gasteiger partial charge in [-0.05, 0) is 114 Å². The van der Waals surface area contributed by atoms with Crippen LogP contribution in [-0.4, -0.2) is 79.2 Å². The Morgan fingerprint density at radius 1 is 0.882 bits per heavy atom. The largest absolute Gasteiger partial charge is 0.497 e. The second-order valence-electron chi connectivity index (χ2n) is 16.5. The lowest BCUT2D eigenvalue weighted by Gasteiger charge is -2.43. The van der Waals surface area contributed by atoms with Gasteiger partial charge in [0.1, 0.15) is 5.75 Å². The van der Waals surface area contributed by atoms with Crippen molar-refractivity contribution < 1.29 is 22.7 Å². The van der Waals surface area contributed by atoms with Crippen LogP contribution in [0.1, 0.15) is 118 Å². The van der Waals surface area contributed by atoms with E-state index < -0.39 is 26.6 Å². The van der Waals surface area contributed by atoms with E-state index in [0.717, 1.165) is 104 Å². The Labute approximate surface area is 304 Å². The molecule has 3 aromatic rings. The summed E-state index contributed by atoms with van der Waals surface area (Å²) in [6, 6.07) is 12.3. The van der Waals surface area contributed by atoms with Crippen LogP contribution in [0.15, 0.2) is 36.4 Å². The lowest BCUT2D eigenvalue weighted by Crippen LogP contribution is -2.58. The average Bonchev–Trinajstić information content (AvgIpc) is 3.57. The molecule has 9 nitrogen and oxygen atoms in total. The van der Waals surface area contributed by atoms with E-state index in [1.54, 1.807) is 13.2 Å². The second-order valence-corrected chi connectivity index (χ2v) is 18.5. The molecule has 3 heterocycles. The molecule has 2 aliphatic heterocycles. The van der Waals surface area contributed by atoms with E-state index >= 15 is 0 Å². The Bertz CT molecular complexity index is 1890. The van der Waals surface area contributed by atoms with Gasteiger partial charge < -0.3 is 19.1 Å². The van der Waals surface area contributed by atoms with E-state index in [4.69, 9.17) is 4.74 Å². The quantitative estimate of drug-likeness (QED) is 0.248. The fraction of sp³-hybridized carbons (Fsp3) is 0.610. The number of aryl methyl sites for hydroxylation is 1. The fourth-order valence-corrected chi connectivity index (χ4v) is 11.2. The van der Waals surface area contributed by atoms with E-state index in [9.17, 15) is 18.0 Å². The summed E-state index contributed by atoms with van der Waals surface area (Å²) in [5.41, 5.74) is 4.95. The first-order valence-electron chi connectivity index (χ1n) is 19.3. The van der Waals surface area contributed by atoms with Gasteiger partial charge >= 0.3 is 0 Å². The van der Waals surface area contributed by atoms with E-state index in [2.05, 4.69) is 59.0 Å². The van der Waals surface area contributed by atoms with Crippen LogP contribution in [0.5, 0.6) is 5.75 Å². The summed E-state index contributed by atoms with van der Waals surface area (Å²) < 4.78 is 37.0. The maximum Gasteiger partial charge on any atom is 0.264 e. The minimum atomic E-state index is -3.80. The van der Waals surface area contributed by atoms with Gasteiger partial charge in [0.05, 0.1) is 23.5 Å². The number of methoxy groups -OCH3 is 1. The Morgan fingerprint density at radius 2 is 1.53 bits per heavy atom. The molecule has 1 N–H and O–H groups in total. The number of nitrogens with zero attached hydrogens (tertiary/aromatic N) is 3. The molecule has 2 aromatic carbocycles. The van der Waals surface area contributed by atoms with E-state index in [-0.39, 0.29) is 18.0 Å². The molecule has 0 radical (unpaired) electrons. The van der Waals surface area contributed by atoms with Gasteiger partial charge in [-0.1, -0.05) is 44.6 Å². The van der Waals surface area contributed by atoms with Crippen LogP contribution in [0.2, 0.25) is 0 Å². The van der Waals surface area contributed by atoms with Crippen molar-refractivity contribution in [3.8, 4) is 17.0 Å². The number of likely N-dealkylation sites (N-methyl/N-ethyl adjacent to an activating group) is 1. The number of ether oxygens (including phenoxy) is 1. The standard InChI is InChI=1S/C41H56N4O5S/c1-27-22-32(50-5)19-21-34(27)38-37(28-12-8-6-9-13-28)35-20-16-29(39(46)42-51(48,49)33-14-10-7-11-15-33)23-36(35)44(38)26-41(2,3)40(47)45-30-17-18-31(45)25-43(4)24-30/h16,19-23,28,30-31,33H,6-15,17-18,24-26H2,1-5H3,(H,42,46).